The Morgan fingerprint density at radius 3 is 2.23 bits per heavy atom. The second-order valence-corrected chi connectivity index (χ2v) is 7.38. The van der Waals surface area contributed by atoms with E-state index in [0.717, 1.165) is 5.56 Å². The second kappa shape index (κ2) is 11.3. The molecule has 2 aromatic rings. The van der Waals surface area contributed by atoms with E-state index in [1.807, 2.05) is 12.1 Å². The lowest BCUT2D eigenvalue weighted by molar-refractivity contribution is -0.148. The Labute approximate surface area is 186 Å². The molecule has 0 aromatic heterocycles. The number of amides is 1. The maximum atomic E-state index is 13.0. The first-order valence-electron chi connectivity index (χ1n) is 9.64. The molecule has 166 valence electrons. The first-order valence-corrected chi connectivity index (χ1v) is 10.3. The van der Waals surface area contributed by atoms with Crippen molar-refractivity contribution in [1.82, 2.24) is 5.32 Å². The Kier molecular flexibility index (Phi) is 8.75. The summed E-state index contributed by atoms with van der Waals surface area (Å²) in [6, 6.07) is 15.6. The van der Waals surface area contributed by atoms with E-state index in [1.54, 1.807) is 49.6 Å². The molecule has 2 aromatic carbocycles. The van der Waals surface area contributed by atoms with Crippen LogP contribution in [0.3, 0.4) is 0 Å². The highest BCUT2D eigenvalue weighted by Crippen LogP contribution is 2.21. The number of carboxylic acids is 2. The van der Waals surface area contributed by atoms with Gasteiger partial charge in [-0.15, -0.1) is 0 Å². The number of anilines is 1. The first-order chi connectivity index (χ1) is 14.8. The molecule has 9 heteroatoms. The molecule has 0 aliphatic rings. The Bertz CT molecular complexity index is 891. The molecule has 8 nitrogen and oxygen atoms in total. The van der Waals surface area contributed by atoms with Gasteiger partial charge in [-0.05, 0) is 36.2 Å². The molecule has 0 heterocycles. The van der Waals surface area contributed by atoms with Crippen molar-refractivity contribution in [3.63, 3.8) is 0 Å². The number of carbonyl (C=O) groups is 3. The molecule has 0 saturated carbocycles. The molecule has 0 bridgehead atoms. The van der Waals surface area contributed by atoms with E-state index in [2.05, 4.69) is 23.3 Å². The van der Waals surface area contributed by atoms with Gasteiger partial charge in [0.1, 0.15) is 5.75 Å². The molecule has 2 unspecified atom stereocenters. The minimum Gasteiger partial charge on any atom is -0.497 e. The van der Waals surface area contributed by atoms with Crippen LogP contribution in [0, 0.1) is 5.92 Å². The summed E-state index contributed by atoms with van der Waals surface area (Å²) in [5.41, 5.74) is -0.691. The first kappa shape index (κ1) is 24.1. The molecule has 1 amide bonds. The second-order valence-electron chi connectivity index (χ2n) is 7.02. The number of ether oxygens (including phenoxy) is 1. The van der Waals surface area contributed by atoms with E-state index < -0.39 is 35.8 Å². The number of thiol groups is 1. The van der Waals surface area contributed by atoms with Crippen molar-refractivity contribution in [2.24, 2.45) is 5.92 Å². The van der Waals surface area contributed by atoms with Crippen molar-refractivity contribution in [2.45, 2.75) is 24.9 Å². The van der Waals surface area contributed by atoms with Gasteiger partial charge in [0.25, 0.3) is 0 Å². The van der Waals surface area contributed by atoms with Crippen LogP contribution in [0.4, 0.5) is 5.69 Å². The van der Waals surface area contributed by atoms with Gasteiger partial charge in [-0.2, -0.15) is 12.6 Å². The highest BCUT2D eigenvalue weighted by Gasteiger charge is 2.41. The van der Waals surface area contributed by atoms with E-state index in [9.17, 15) is 19.5 Å². The summed E-state index contributed by atoms with van der Waals surface area (Å²) in [5.74, 6) is -2.86. The number of hydrogen-bond acceptors (Lipinski definition) is 6. The molecule has 0 aliphatic carbocycles. The van der Waals surface area contributed by atoms with E-state index >= 15 is 0 Å². The molecule has 0 radical (unpaired) electrons. The Balaban J connectivity index is 2.25. The highest BCUT2D eigenvalue weighted by molar-refractivity contribution is 7.80. The van der Waals surface area contributed by atoms with Crippen LogP contribution in [0.1, 0.15) is 18.4 Å². The van der Waals surface area contributed by atoms with Crippen LogP contribution in [-0.4, -0.2) is 46.6 Å². The molecule has 4 N–H and O–H groups in total. The zero-order valence-electron chi connectivity index (χ0n) is 17.1. The van der Waals surface area contributed by atoms with E-state index in [4.69, 9.17) is 9.84 Å². The topological polar surface area (TPSA) is 125 Å². The highest BCUT2D eigenvalue weighted by atomic mass is 32.1. The fourth-order valence-corrected chi connectivity index (χ4v) is 3.33. The predicted molar refractivity (Wildman–Crippen MR) is 119 cm³/mol. The molecule has 0 spiro atoms. The summed E-state index contributed by atoms with van der Waals surface area (Å²) in [5, 5.41) is 24.4. The number of para-hydroxylation sites is 1. The predicted octanol–water partition coefficient (Wildman–Crippen LogP) is 2.66. The zero-order chi connectivity index (χ0) is 22.9. The molecular formula is C22H26N2O6S. The number of carboxylic acid groups (broad SMARTS) is 2. The van der Waals surface area contributed by atoms with Crippen LogP contribution in [0.25, 0.3) is 0 Å². The van der Waals surface area contributed by atoms with Crippen molar-refractivity contribution < 1.29 is 29.3 Å². The number of benzene rings is 2. The summed E-state index contributed by atoms with van der Waals surface area (Å²) in [6.45, 7) is 0. The molecule has 0 fully saturated rings. The van der Waals surface area contributed by atoms with Gasteiger partial charge in [0, 0.05) is 24.3 Å². The van der Waals surface area contributed by atoms with Crippen molar-refractivity contribution >= 4 is 36.2 Å². The quantitative estimate of drug-likeness (QED) is 0.251. The van der Waals surface area contributed by atoms with Crippen molar-refractivity contribution in [1.29, 1.82) is 0 Å². The molecule has 0 aliphatic heterocycles. The Morgan fingerprint density at radius 1 is 1.06 bits per heavy atom. The standard InChI is InChI=1S/C22H26N2O6S/c1-30-18-9-7-15(8-10-18)13-16(14-31)20(27)24-22(21(28)29,12-11-19(25)26)23-17-5-3-2-4-6-17/h2-10,16,23,31H,11-14H2,1H3,(H,24,27)(H,25,26)(H,28,29). The van der Waals surface area contributed by atoms with Crippen molar-refractivity contribution in [2.75, 3.05) is 18.2 Å². The minimum absolute atomic E-state index is 0.178. The van der Waals surface area contributed by atoms with Crippen LogP contribution in [0.5, 0.6) is 5.75 Å². The van der Waals surface area contributed by atoms with Crippen LogP contribution < -0.4 is 15.4 Å². The SMILES string of the molecule is COc1ccc(CC(CS)C(=O)NC(CCC(=O)O)(Nc2ccccc2)C(=O)O)cc1. The van der Waals surface area contributed by atoms with Gasteiger partial charge >= 0.3 is 11.9 Å². The lowest BCUT2D eigenvalue weighted by atomic mass is 9.97. The number of aliphatic carboxylic acids is 2. The Hall–Kier alpha value is -3.20. The fourth-order valence-electron chi connectivity index (χ4n) is 3.03. The van der Waals surface area contributed by atoms with Crippen LogP contribution >= 0.6 is 12.6 Å². The van der Waals surface area contributed by atoms with E-state index in [0.29, 0.717) is 17.9 Å². The summed E-state index contributed by atoms with van der Waals surface area (Å²) in [6.07, 6.45) is -0.462. The molecule has 31 heavy (non-hydrogen) atoms. The zero-order valence-corrected chi connectivity index (χ0v) is 18.0. The number of hydrogen-bond donors (Lipinski definition) is 5. The summed E-state index contributed by atoms with van der Waals surface area (Å²) < 4.78 is 5.13. The van der Waals surface area contributed by atoms with Gasteiger partial charge in [0.15, 0.2) is 0 Å². The number of nitrogens with one attached hydrogen (secondary N) is 2. The maximum absolute atomic E-state index is 13.0. The van der Waals surface area contributed by atoms with Crippen LogP contribution in [0.15, 0.2) is 54.6 Å². The average Bonchev–Trinajstić information content (AvgIpc) is 2.76. The summed E-state index contributed by atoms with van der Waals surface area (Å²) in [4.78, 5) is 36.4. The lowest BCUT2D eigenvalue weighted by Crippen LogP contribution is -2.61. The molecule has 0 saturated heterocycles. The Morgan fingerprint density at radius 2 is 1.71 bits per heavy atom. The molecule has 2 atom stereocenters. The van der Waals surface area contributed by atoms with Crippen molar-refractivity contribution in [3.8, 4) is 5.75 Å². The lowest BCUT2D eigenvalue weighted by Gasteiger charge is -2.33. The third-order valence-electron chi connectivity index (χ3n) is 4.78. The van der Waals surface area contributed by atoms with Gasteiger partial charge < -0.3 is 25.6 Å². The van der Waals surface area contributed by atoms with Gasteiger partial charge in [-0.25, -0.2) is 4.79 Å². The monoisotopic (exact) mass is 446 g/mol. The van der Waals surface area contributed by atoms with Gasteiger partial charge in [0.05, 0.1) is 13.0 Å². The molecular weight excluding hydrogens is 420 g/mol. The van der Waals surface area contributed by atoms with Gasteiger partial charge in [0.2, 0.25) is 11.6 Å². The van der Waals surface area contributed by atoms with E-state index in [1.165, 1.54) is 0 Å². The average molecular weight is 447 g/mol. The largest absolute Gasteiger partial charge is 0.497 e. The smallest absolute Gasteiger partial charge is 0.350 e. The van der Waals surface area contributed by atoms with Crippen LogP contribution in [0.2, 0.25) is 0 Å². The fraction of sp³-hybridized carbons (Fsp3) is 0.318. The number of carbonyl (C=O) groups excluding carboxylic acids is 1. The third-order valence-corrected chi connectivity index (χ3v) is 5.22. The third kappa shape index (κ3) is 6.92. The normalized spacial score (nSPS) is 13.5. The summed E-state index contributed by atoms with van der Waals surface area (Å²) >= 11 is 4.26. The number of rotatable bonds is 12. The summed E-state index contributed by atoms with van der Waals surface area (Å²) in [7, 11) is 1.56. The minimum atomic E-state index is -1.99. The molecule has 2 rings (SSSR count). The van der Waals surface area contributed by atoms with Gasteiger partial charge in [-0.3, -0.25) is 9.59 Å². The van der Waals surface area contributed by atoms with Crippen LogP contribution in [-0.2, 0) is 20.8 Å². The van der Waals surface area contributed by atoms with Gasteiger partial charge in [-0.1, -0.05) is 30.3 Å². The van der Waals surface area contributed by atoms with Crippen molar-refractivity contribution in [3.05, 3.63) is 60.2 Å². The maximum Gasteiger partial charge on any atom is 0.350 e. The van der Waals surface area contributed by atoms with E-state index in [-0.39, 0.29) is 12.2 Å². The number of methoxy groups -OCH3 is 1.